The van der Waals surface area contributed by atoms with Crippen molar-refractivity contribution in [3.8, 4) is 0 Å². The minimum absolute atomic E-state index is 0.115. The van der Waals surface area contributed by atoms with Gasteiger partial charge >= 0.3 is 0 Å². The number of hydrogen-bond acceptors (Lipinski definition) is 7. The number of H-pyrrole nitrogens is 1. The van der Waals surface area contributed by atoms with E-state index in [1.807, 2.05) is 0 Å². The Hall–Kier alpha value is -1.78. The molecule has 3 heterocycles. The summed E-state index contributed by atoms with van der Waals surface area (Å²) >= 11 is 0. The van der Waals surface area contributed by atoms with Gasteiger partial charge in [0, 0.05) is 13.1 Å². The standard InChI is InChI=1S/C16H24N6O3S/c1-10-13(11(2)20-19-10)26(23,24)22-8-3-5-12(9-22)14-18-15(21-25-14)16(17)6-4-7-16/h12H,3-9,17H2,1-2H3,(H,19,20). The number of aromatic nitrogens is 4. The molecule has 2 aromatic rings. The van der Waals surface area contributed by atoms with Crippen LogP contribution in [0.4, 0.5) is 0 Å². The molecule has 0 amide bonds. The van der Waals surface area contributed by atoms with Crippen LogP contribution in [0.3, 0.4) is 0 Å². The van der Waals surface area contributed by atoms with Crippen molar-refractivity contribution >= 4 is 10.0 Å². The predicted molar refractivity (Wildman–Crippen MR) is 92.8 cm³/mol. The molecule has 2 aliphatic rings. The summed E-state index contributed by atoms with van der Waals surface area (Å²) in [6.45, 7) is 4.22. The van der Waals surface area contributed by atoms with Gasteiger partial charge in [-0.2, -0.15) is 14.4 Å². The number of rotatable bonds is 4. The zero-order valence-corrected chi connectivity index (χ0v) is 15.8. The third-order valence-electron chi connectivity index (χ3n) is 5.52. The molecular formula is C16H24N6O3S. The van der Waals surface area contributed by atoms with Gasteiger partial charge in [0.1, 0.15) is 4.90 Å². The van der Waals surface area contributed by atoms with Crippen LogP contribution in [0.2, 0.25) is 0 Å². The molecule has 26 heavy (non-hydrogen) atoms. The smallest absolute Gasteiger partial charge is 0.246 e. The van der Waals surface area contributed by atoms with Gasteiger partial charge in [0.05, 0.1) is 22.8 Å². The summed E-state index contributed by atoms with van der Waals surface area (Å²) < 4.78 is 33.1. The van der Waals surface area contributed by atoms with Crippen molar-refractivity contribution in [2.75, 3.05) is 13.1 Å². The van der Waals surface area contributed by atoms with Crippen LogP contribution >= 0.6 is 0 Å². The number of piperidine rings is 1. The maximum absolute atomic E-state index is 13.1. The van der Waals surface area contributed by atoms with Gasteiger partial charge in [0.2, 0.25) is 15.9 Å². The molecule has 0 spiro atoms. The zero-order valence-electron chi connectivity index (χ0n) is 15.0. The van der Waals surface area contributed by atoms with Crippen molar-refractivity contribution < 1.29 is 12.9 Å². The van der Waals surface area contributed by atoms with Crippen LogP contribution in [0, 0.1) is 13.8 Å². The first-order valence-electron chi connectivity index (χ1n) is 8.96. The average molecular weight is 380 g/mol. The number of nitrogens with two attached hydrogens (primary N) is 1. The lowest BCUT2D eigenvalue weighted by Crippen LogP contribution is -2.44. The number of hydrogen-bond donors (Lipinski definition) is 2. The first-order valence-corrected chi connectivity index (χ1v) is 10.4. The molecule has 0 aromatic carbocycles. The Balaban J connectivity index is 1.56. The van der Waals surface area contributed by atoms with Crippen molar-refractivity contribution in [1.82, 2.24) is 24.6 Å². The van der Waals surface area contributed by atoms with Gasteiger partial charge in [-0.3, -0.25) is 5.10 Å². The van der Waals surface area contributed by atoms with Gasteiger partial charge in [-0.15, -0.1) is 0 Å². The molecule has 9 nitrogen and oxygen atoms in total. The fourth-order valence-electron chi connectivity index (χ4n) is 3.80. The maximum atomic E-state index is 13.1. The summed E-state index contributed by atoms with van der Waals surface area (Å²) in [6.07, 6.45) is 4.34. The highest BCUT2D eigenvalue weighted by Crippen LogP contribution is 2.38. The highest BCUT2D eigenvalue weighted by molar-refractivity contribution is 7.89. The lowest BCUT2D eigenvalue weighted by Gasteiger charge is -2.34. The summed E-state index contributed by atoms with van der Waals surface area (Å²) in [4.78, 5) is 4.76. The van der Waals surface area contributed by atoms with E-state index in [1.54, 1.807) is 13.8 Å². The Bertz CT molecular complexity index is 895. The Morgan fingerprint density at radius 1 is 1.31 bits per heavy atom. The molecule has 1 atom stereocenters. The normalized spacial score (nSPS) is 23.7. The Labute approximate surface area is 152 Å². The second kappa shape index (κ2) is 6.14. The summed E-state index contributed by atoms with van der Waals surface area (Å²) in [5.74, 6) is 0.911. The quantitative estimate of drug-likeness (QED) is 0.817. The van der Waals surface area contributed by atoms with E-state index in [1.165, 1.54) is 4.31 Å². The molecular weight excluding hydrogens is 356 g/mol. The second-order valence-corrected chi connectivity index (χ2v) is 9.31. The van der Waals surface area contributed by atoms with Crippen molar-refractivity contribution in [1.29, 1.82) is 0 Å². The molecule has 2 fully saturated rings. The summed E-state index contributed by atoms with van der Waals surface area (Å²) in [5.41, 5.74) is 6.82. The monoisotopic (exact) mass is 380 g/mol. The summed E-state index contributed by atoms with van der Waals surface area (Å²) in [7, 11) is -3.61. The molecule has 4 rings (SSSR count). The highest BCUT2D eigenvalue weighted by Gasteiger charge is 2.41. The molecule has 0 radical (unpaired) electrons. The van der Waals surface area contributed by atoms with E-state index in [0.717, 1.165) is 32.1 Å². The zero-order chi connectivity index (χ0) is 18.5. The molecule has 1 saturated heterocycles. The van der Waals surface area contributed by atoms with Crippen LogP contribution in [0.1, 0.15) is 61.1 Å². The van der Waals surface area contributed by atoms with Crippen LogP contribution in [0.5, 0.6) is 0 Å². The van der Waals surface area contributed by atoms with E-state index in [0.29, 0.717) is 36.2 Å². The van der Waals surface area contributed by atoms with E-state index >= 15 is 0 Å². The first kappa shape index (κ1) is 17.6. The van der Waals surface area contributed by atoms with Crippen LogP contribution in [0.25, 0.3) is 0 Å². The fraction of sp³-hybridized carbons (Fsp3) is 0.688. The van der Waals surface area contributed by atoms with Gasteiger partial charge in [0.15, 0.2) is 5.82 Å². The molecule has 1 saturated carbocycles. The summed E-state index contributed by atoms with van der Waals surface area (Å²) in [5, 5.41) is 10.8. The number of aromatic amines is 1. The molecule has 142 valence electrons. The van der Waals surface area contributed by atoms with Gasteiger partial charge in [0.25, 0.3) is 0 Å². The van der Waals surface area contributed by atoms with Crippen molar-refractivity contribution in [3.05, 3.63) is 23.1 Å². The van der Waals surface area contributed by atoms with Crippen molar-refractivity contribution in [3.63, 3.8) is 0 Å². The largest absolute Gasteiger partial charge is 0.339 e. The minimum Gasteiger partial charge on any atom is -0.339 e. The van der Waals surface area contributed by atoms with Crippen LogP contribution in [0.15, 0.2) is 9.42 Å². The second-order valence-electron chi connectivity index (χ2n) is 7.43. The number of sulfonamides is 1. The molecule has 1 aliphatic carbocycles. The Morgan fingerprint density at radius 3 is 2.69 bits per heavy atom. The number of aryl methyl sites for hydroxylation is 2. The average Bonchev–Trinajstić information content (AvgIpc) is 3.20. The Morgan fingerprint density at radius 2 is 2.08 bits per heavy atom. The van der Waals surface area contributed by atoms with Gasteiger partial charge in [-0.25, -0.2) is 8.42 Å². The van der Waals surface area contributed by atoms with Gasteiger partial charge in [-0.05, 0) is 46.0 Å². The van der Waals surface area contributed by atoms with Crippen molar-refractivity contribution in [2.24, 2.45) is 5.73 Å². The molecule has 2 aromatic heterocycles. The SMILES string of the molecule is Cc1n[nH]c(C)c1S(=O)(=O)N1CCCC(c2nc(C3(N)CCC3)no2)C1. The third kappa shape index (κ3) is 2.76. The first-order chi connectivity index (χ1) is 12.3. The van der Waals surface area contributed by atoms with E-state index in [-0.39, 0.29) is 10.8 Å². The van der Waals surface area contributed by atoms with E-state index < -0.39 is 15.6 Å². The lowest BCUT2D eigenvalue weighted by molar-refractivity contribution is 0.226. The molecule has 0 bridgehead atoms. The van der Waals surface area contributed by atoms with Crippen LogP contribution in [-0.2, 0) is 15.6 Å². The number of nitrogens with zero attached hydrogens (tertiary/aromatic N) is 4. The van der Waals surface area contributed by atoms with E-state index in [9.17, 15) is 8.42 Å². The van der Waals surface area contributed by atoms with Crippen LogP contribution in [-0.4, -0.2) is 46.2 Å². The molecule has 1 aliphatic heterocycles. The highest BCUT2D eigenvalue weighted by atomic mass is 32.2. The minimum atomic E-state index is -3.61. The predicted octanol–water partition coefficient (Wildman–Crippen LogP) is 1.32. The maximum Gasteiger partial charge on any atom is 0.246 e. The lowest BCUT2D eigenvalue weighted by atomic mass is 9.77. The van der Waals surface area contributed by atoms with Gasteiger partial charge in [-0.1, -0.05) is 5.16 Å². The van der Waals surface area contributed by atoms with Crippen molar-refractivity contribution in [2.45, 2.75) is 62.3 Å². The third-order valence-corrected chi connectivity index (χ3v) is 7.65. The molecule has 10 heteroatoms. The van der Waals surface area contributed by atoms with E-state index in [4.69, 9.17) is 10.3 Å². The fourth-order valence-corrected chi connectivity index (χ4v) is 5.65. The van der Waals surface area contributed by atoms with Gasteiger partial charge < -0.3 is 10.3 Å². The molecule has 3 N–H and O–H groups in total. The van der Waals surface area contributed by atoms with Crippen LogP contribution < -0.4 is 5.73 Å². The Kier molecular flexibility index (Phi) is 4.16. The van der Waals surface area contributed by atoms with E-state index in [2.05, 4.69) is 20.3 Å². The summed E-state index contributed by atoms with van der Waals surface area (Å²) in [6, 6.07) is 0. The topological polar surface area (TPSA) is 131 Å². The molecule has 1 unspecified atom stereocenters. The number of nitrogens with one attached hydrogen (secondary N) is 1.